The van der Waals surface area contributed by atoms with E-state index in [0.29, 0.717) is 16.8 Å². The number of ketones is 1. The molecule has 3 aromatic rings. The van der Waals surface area contributed by atoms with Crippen molar-refractivity contribution in [2.45, 2.75) is 6.04 Å². The Bertz CT molecular complexity index is 1110. The van der Waals surface area contributed by atoms with E-state index >= 15 is 0 Å². The van der Waals surface area contributed by atoms with Crippen molar-refractivity contribution >= 4 is 39.1 Å². The number of aliphatic hydroxyl groups excluding tert-OH is 1. The van der Waals surface area contributed by atoms with Crippen LogP contribution in [-0.4, -0.2) is 16.8 Å². The van der Waals surface area contributed by atoms with Gasteiger partial charge in [0.05, 0.1) is 11.6 Å². The number of anilines is 1. The van der Waals surface area contributed by atoms with Crippen LogP contribution >= 0.6 is 15.9 Å². The van der Waals surface area contributed by atoms with Crippen molar-refractivity contribution in [3.05, 3.63) is 106 Å². The van der Waals surface area contributed by atoms with E-state index in [0.717, 1.165) is 4.47 Å². The summed E-state index contributed by atoms with van der Waals surface area (Å²) in [4.78, 5) is 27.1. The summed E-state index contributed by atoms with van der Waals surface area (Å²) < 4.78 is 14.2. The van der Waals surface area contributed by atoms with Crippen molar-refractivity contribution in [3.63, 3.8) is 0 Å². The average Bonchev–Trinajstić information content (AvgIpc) is 3.00. The average molecular weight is 452 g/mol. The molecule has 0 spiro atoms. The van der Waals surface area contributed by atoms with Crippen molar-refractivity contribution in [3.8, 4) is 0 Å². The zero-order valence-electron chi connectivity index (χ0n) is 15.0. The van der Waals surface area contributed by atoms with Crippen LogP contribution in [0.5, 0.6) is 0 Å². The van der Waals surface area contributed by atoms with Crippen LogP contribution in [0.1, 0.15) is 17.2 Å². The van der Waals surface area contributed by atoms with Gasteiger partial charge in [0.2, 0.25) is 0 Å². The van der Waals surface area contributed by atoms with Crippen molar-refractivity contribution in [1.29, 1.82) is 0 Å². The molecule has 0 unspecified atom stereocenters. The molecule has 0 aliphatic carbocycles. The van der Waals surface area contributed by atoms with Crippen LogP contribution in [0.4, 0.5) is 10.1 Å². The normalized spacial score (nSPS) is 18.3. The van der Waals surface area contributed by atoms with E-state index in [1.54, 1.807) is 54.6 Å². The molecule has 4 rings (SSSR count). The van der Waals surface area contributed by atoms with E-state index in [9.17, 15) is 19.1 Å². The SMILES string of the molecule is O=C1C(=O)N(c2ccc(F)cc2)[C@@H](c2ccc(Br)cc2)C1=C(O)c1ccccc1. The Hall–Kier alpha value is -3.25. The van der Waals surface area contributed by atoms with Gasteiger partial charge in [0.25, 0.3) is 11.7 Å². The number of hydrogen-bond acceptors (Lipinski definition) is 3. The lowest BCUT2D eigenvalue weighted by Crippen LogP contribution is -2.29. The highest BCUT2D eigenvalue weighted by molar-refractivity contribution is 9.10. The number of Topliss-reactive ketones (excluding diaryl/α,β-unsaturated/α-hetero) is 1. The molecule has 1 saturated heterocycles. The van der Waals surface area contributed by atoms with Gasteiger partial charge in [0, 0.05) is 15.7 Å². The first-order valence-corrected chi connectivity index (χ1v) is 9.64. The molecule has 29 heavy (non-hydrogen) atoms. The van der Waals surface area contributed by atoms with E-state index in [1.165, 1.54) is 29.2 Å². The maximum absolute atomic E-state index is 13.4. The highest BCUT2D eigenvalue weighted by atomic mass is 79.9. The van der Waals surface area contributed by atoms with Crippen LogP contribution in [-0.2, 0) is 9.59 Å². The summed E-state index contributed by atoms with van der Waals surface area (Å²) in [5.74, 6) is -2.26. The van der Waals surface area contributed by atoms with Crippen molar-refractivity contribution < 1.29 is 19.1 Å². The minimum absolute atomic E-state index is 0.00662. The standard InChI is InChI=1S/C23H15BrFNO3/c24-16-8-6-14(7-9-16)20-19(21(27)15-4-2-1-3-5-15)22(28)23(29)26(20)18-12-10-17(25)11-13-18/h1-13,20,27H/t20-/m0/s1. The molecule has 1 heterocycles. The lowest BCUT2D eigenvalue weighted by atomic mass is 9.95. The van der Waals surface area contributed by atoms with Crippen LogP contribution in [0.2, 0.25) is 0 Å². The molecule has 144 valence electrons. The fraction of sp³-hybridized carbons (Fsp3) is 0.0435. The molecule has 1 N–H and O–H groups in total. The van der Waals surface area contributed by atoms with E-state index in [4.69, 9.17) is 0 Å². The Kier molecular flexibility index (Phi) is 5.03. The second-order valence-corrected chi connectivity index (χ2v) is 7.48. The van der Waals surface area contributed by atoms with Gasteiger partial charge >= 0.3 is 0 Å². The topological polar surface area (TPSA) is 57.6 Å². The van der Waals surface area contributed by atoms with Gasteiger partial charge in [-0.2, -0.15) is 0 Å². The van der Waals surface area contributed by atoms with E-state index in [2.05, 4.69) is 15.9 Å². The van der Waals surface area contributed by atoms with Gasteiger partial charge in [-0.15, -0.1) is 0 Å². The van der Waals surface area contributed by atoms with Crippen LogP contribution in [0.25, 0.3) is 5.76 Å². The molecule has 1 fully saturated rings. The number of aliphatic hydroxyl groups is 1. The summed E-state index contributed by atoms with van der Waals surface area (Å²) in [6.45, 7) is 0. The summed E-state index contributed by atoms with van der Waals surface area (Å²) in [5, 5.41) is 10.9. The fourth-order valence-corrected chi connectivity index (χ4v) is 3.68. The number of carbonyl (C=O) groups is 2. The van der Waals surface area contributed by atoms with Crippen LogP contribution < -0.4 is 4.90 Å². The van der Waals surface area contributed by atoms with Gasteiger partial charge < -0.3 is 5.11 Å². The van der Waals surface area contributed by atoms with Crippen molar-refractivity contribution in [2.24, 2.45) is 0 Å². The molecule has 1 amide bonds. The van der Waals surface area contributed by atoms with Crippen LogP contribution in [0, 0.1) is 5.82 Å². The van der Waals surface area contributed by atoms with Gasteiger partial charge in [-0.1, -0.05) is 58.4 Å². The number of benzene rings is 3. The molecule has 1 aliphatic rings. The second kappa shape index (κ2) is 7.64. The molecule has 1 aliphatic heterocycles. The number of halogens is 2. The lowest BCUT2D eigenvalue weighted by molar-refractivity contribution is -0.132. The number of carbonyl (C=O) groups excluding carboxylic acids is 2. The van der Waals surface area contributed by atoms with Gasteiger partial charge in [0.1, 0.15) is 11.6 Å². The third-order valence-corrected chi connectivity index (χ3v) is 5.31. The van der Waals surface area contributed by atoms with Crippen molar-refractivity contribution in [2.75, 3.05) is 4.90 Å². The molecule has 4 nitrogen and oxygen atoms in total. The minimum Gasteiger partial charge on any atom is -0.507 e. The predicted octanol–water partition coefficient (Wildman–Crippen LogP) is 5.21. The molecule has 1 atom stereocenters. The summed E-state index contributed by atoms with van der Waals surface area (Å²) in [6, 6.07) is 20.2. The van der Waals surface area contributed by atoms with Gasteiger partial charge in [-0.25, -0.2) is 4.39 Å². The highest BCUT2D eigenvalue weighted by Gasteiger charge is 2.46. The monoisotopic (exact) mass is 451 g/mol. The van der Waals surface area contributed by atoms with E-state index in [1.807, 2.05) is 0 Å². The first-order valence-electron chi connectivity index (χ1n) is 8.85. The molecular weight excluding hydrogens is 437 g/mol. The highest BCUT2D eigenvalue weighted by Crippen LogP contribution is 2.42. The number of rotatable bonds is 3. The molecular formula is C23H15BrFNO3. The maximum Gasteiger partial charge on any atom is 0.300 e. The molecule has 0 radical (unpaired) electrons. The Morgan fingerprint density at radius 1 is 0.897 bits per heavy atom. The first-order chi connectivity index (χ1) is 14.0. The summed E-state index contributed by atoms with van der Waals surface area (Å²) in [6.07, 6.45) is 0. The van der Waals surface area contributed by atoms with E-state index in [-0.39, 0.29) is 11.3 Å². The lowest BCUT2D eigenvalue weighted by Gasteiger charge is -2.25. The number of hydrogen-bond donors (Lipinski definition) is 1. The third-order valence-electron chi connectivity index (χ3n) is 4.78. The second-order valence-electron chi connectivity index (χ2n) is 6.56. The quantitative estimate of drug-likeness (QED) is 0.337. The van der Waals surface area contributed by atoms with Crippen molar-refractivity contribution in [1.82, 2.24) is 0 Å². The zero-order chi connectivity index (χ0) is 20.5. The maximum atomic E-state index is 13.4. The number of nitrogens with zero attached hydrogens (tertiary/aromatic N) is 1. The van der Waals surface area contributed by atoms with E-state index < -0.39 is 23.5 Å². The zero-order valence-corrected chi connectivity index (χ0v) is 16.6. The number of amides is 1. The largest absolute Gasteiger partial charge is 0.507 e. The van der Waals surface area contributed by atoms with Gasteiger partial charge in [-0.05, 0) is 42.0 Å². The first kappa shape index (κ1) is 19.1. The van der Waals surface area contributed by atoms with Crippen LogP contribution in [0.15, 0.2) is 88.9 Å². The van der Waals surface area contributed by atoms with Gasteiger partial charge in [-0.3, -0.25) is 14.5 Å². The molecule has 0 saturated carbocycles. The Morgan fingerprint density at radius 2 is 1.52 bits per heavy atom. The molecule has 6 heteroatoms. The molecule has 0 bridgehead atoms. The Balaban J connectivity index is 1.94. The summed E-state index contributed by atoms with van der Waals surface area (Å²) >= 11 is 3.38. The van der Waals surface area contributed by atoms with Gasteiger partial charge in [0.15, 0.2) is 0 Å². The predicted molar refractivity (Wildman–Crippen MR) is 112 cm³/mol. The summed E-state index contributed by atoms with van der Waals surface area (Å²) in [7, 11) is 0. The summed E-state index contributed by atoms with van der Waals surface area (Å²) in [5.41, 5.74) is 1.45. The fourth-order valence-electron chi connectivity index (χ4n) is 3.41. The molecule has 3 aromatic carbocycles. The minimum atomic E-state index is -0.839. The smallest absolute Gasteiger partial charge is 0.300 e. The van der Waals surface area contributed by atoms with Crippen LogP contribution in [0.3, 0.4) is 0 Å². The Morgan fingerprint density at radius 3 is 2.14 bits per heavy atom. The third kappa shape index (κ3) is 3.47. The molecule has 0 aromatic heterocycles. The Labute approximate surface area is 175 Å².